The average Bonchev–Trinajstić information content (AvgIpc) is 3.43. The molecule has 5 aromatic rings. The molecular formula is C33H35ClN8O2. The van der Waals surface area contributed by atoms with Crippen molar-refractivity contribution in [2.24, 2.45) is 24.6 Å². The lowest BCUT2D eigenvalue weighted by Gasteiger charge is -2.27. The summed E-state index contributed by atoms with van der Waals surface area (Å²) < 4.78 is 10.2. The number of aromatic nitrogens is 5. The second-order valence-corrected chi connectivity index (χ2v) is 12.9. The quantitative estimate of drug-likeness (QED) is 0.244. The Balaban J connectivity index is 1.21. The SMILES string of the molecule is COc1cc(C(=O)N2CC3CCC2[C@@H]3N)cc2nc(-c3cc4ccc(Nc5ccnc(C)c5Cl)nc4n3CC3CC3)n(C)c12. The Kier molecular flexibility index (Phi) is 6.36. The molecule has 1 amide bonds. The number of piperidine rings is 1. The molecule has 4 aromatic heterocycles. The summed E-state index contributed by atoms with van der Waals surface area (Å²) in [6.45, 7) is 3.45. The molecule has 10 nitrogen and oxygen atoms in total. The van der Waals surface area contributed by atoms with E-state index < -0.39 is 0 Å². The Hall–Kier alpha value is -4.15. The van der Waals surface area contributed by atoms with Gasteiger partial charge in [0.05, 0.1) is 34.7 Å². The van der Waals surface area contributed by atoms with Gasteiger partial charge in [-0.1, -0.05) is 11.6 Å². The van der Waals surface area contributed by atoms with E-state index in [1.807, 2.05) is 43.1 Å². The highest BCUT2D eigenvalue weighted by atomic mass is 35.5. The Morgan fingerprint density at radius 1 is 1.14 bits per heavy atom. The molecule has 0 radical (unpaired) electrons. The summed E-state index contributed by atoms with van der Waals surface area (Å²) >= 11 is 6.52. The number of nitrogens with two attached hydrogens (primary N) is 1. The summed E-state index contributed by atoms with van der Waals surface area (Å²) in [6, 6.07) is 12.0. The first kappa shape index (κ1) is 27.4. The van der Waals surface area contributed by atoms with E-state index >= 15 is 0 Å². The minimum absolute atomic E-state index is 0.00313. The molecule has 3 aliphatic rings. The van der Waals surface area contributed by atoms with Crippen LogP contribution in [-0.4, -0.2) is 60.6 Å². The number of benzene rings is 1. The van der Waals surface area contributed by atoms with Gasteiger partial charge in [-0.3, -0.25) is 9.78 Å². The molecule has 0 spiro atoms. The first-order chi connectivity index (χ1) is 21.3. The largest absolute Gasteiger partial charge is 0.494 e. The molecule has 1 aliphatic heterocycles. The number of carbonyl (C=O) groups is 1. The van der Waals surface area contributed by atoms with Crippen molar-refractivity contribution >= 4 is 51.1 Å². The Bertz CT molecular complexity index is 1960. The number of likely N-dealkylation sites (tertiary alicyclic amines) is 1. The molecule has 3 N–H and O–H groups in total. The monoisotopic (exact) mass is 610 g/mol. The third-order valence-corrected chi connectivity index (χ3v) is 10.2. The number of methoxy groups -OCH3 is 1. The van der Waals surface area contributed by atoms with Crippen LogP contribution in [0.1, 0.15) is 41.7 Å². The third-order valence-electron chi connectivity index (χ3n) is 9.75. The number of hydrogen-bond acceptors (Lipinski definition) is 7. The molecule has 8 rings (SSSR count). The smallest absolute Gasteiger partial charge is 0.254 e. The molecule has 5 heterocycles. The van der Waals surface area contributed by atoms with Gasteiger partial charge in [-0.05, 0) is 80.8 Å². The zero-order chi connectivity index (χ0) is 30.3. The second-order valence-electron chi connectivity index (χ2n) is 12.6. The molecule has 3 atom stereocenters. The summed E-state index contributed by atoms with van der Waals surface area (Å²) in [5, 5.41) is 4.98. The van der Waals surface area contributed by atoms with Crippen LogP contribution in [0, 0.1) is 18.8 Å². The fourth-order valence-corrected chi connectivity index (χ4v) is 7.33. The molecule has 3 fully saturated rings. The summed E-state index contributed by atoms with van der Waals surface area (Å²) in [6.07, 6.45) is 6.20. The van der Waals surface area contributed by atoms with Crippen LogP contribution in [0.4, 0.5) is 11.5 Å². The number of pyridine rings is 2. The number of rotatable bonds is 7. The van der Waals surface area contributed by atoms with Crippen LogP contribution in [0.15, 0.2) is 42.6 Å². The van der Waals surface area contributed by atoms with Crippen molar-refractivity contribution in [1.29, 1.82) is 0 Å². The van der Waals surface area contributed by atoms with Gasteiger partial charge in [-0.2, -0.15) is 0 Å². The minimum Gasteiger partial charge on any atom is -0.494 e. The number of hydrogen-bond donors (Lipinski definition) is 2. The molecule has 2 bridgehead atoms. The van der Waals surface area contributed by atoms with E-state index in [0.717, 1.165) is 70.9 Å². The van der Waals surface area contributed by atoms with E-state index in [0.29, 0.717) is 34.0 Å². The standard InChI is InChI=1S/C33H35ClN8O2/c1-17-28(34)22(10-11-36-17)37-27-9-7-19-13-25(41(31(19)39-27)15-18-4-5-18)32-38-23-12-21(14-26(44-3)30(23)40(32)2)33(43)42-16-20-6-8-24(42)29(20)35/h7,9-14,18,20,24,29H,4-6,8,15-16,35H2,1-3H3,(H,36,37,39)/t20?,24?,29-/m1/s1. The maximum atomic E-state index is 13.7. The van der Waals surface area contributed by atoms with Crippen molar-refractivity contribution in [2.75, 3.05) is 19.0 Å². The first-order valence-electron chi connectivity index (χ1n) is 15.3. The third kappa shape index (κ3) is 4.34. The van der Waals surface area contributed by atoms with E-state index in [-0.39, 0.29) is 18.0 Å². The van der Waals surface area contributed by atoms with Crippen molar-refractivity contribution in [3.05, 3.63) is 58.9 Å². The lowest BCUT2D eigenvalue weighted by molar-refractivity contribution is 0.0700. The Morgan fingerprint density at radius 3 is 2.70 bits per heavy atom. The van der Waals surface area contributed by atoms with Crippen molar-refractivity contribution in [2.45, 2.75) is 51.2 Å². The highest BCUT2D eigenvalue weighted by Crippen LogP contribution is 2.40. The summed E-state index contributed by atoms with van der Waals surface area (Å²) in [5.41, 5.74) is 12.0. The number of nitrogens with one attached hydrogen (secondary N) is 1. The molecule has 2 unspecified atom stereocenters. The van der Waals surface area contributed by atoms with Crippen molar-refractivity contribution in [3.63, 3.8) is 0 Å². The van der Waals surface area contributed by atoms with Gasteiger partial charge in [0.25, 0.3) is 5.91 Å². The summed E-state index contributed by atoms with van der Waals surface area (Å²) in [5.74, 6) is 3.12. The predicted octanol–water partition coefficient (Wildman–Crippen LogP) is 5.67. The Labute approximate surface area is 260 Å². The molecular weight excluding hydrogens is 576 g/mol. The number of carbonyl (C=O) groups excluding carboxylic acids is 1. The molecule has 2 aliphatic carbocycles. The van der Waals surface area contributed by atoms with Gasteiger partial charge < -0.3 is 29.8 Å². The van der Waals surface area contributed by atoms with E-state index in [2.05, 4.69) is 31.6 Å². The number of halogens is 1. The predicted molar refractivity (Wildman–Crippen MR) is 172 cm³/mol. The van der Waals surface area contributed by atoms with Crippen LogP contribution in [-0.2, 0) is 13.6 Å². The van der Waals surface area contributed by atoms with Gasteiger partial charge in [-0.25, -0.2) is 9.97 Å². The van der Waals surface area contributed by atoms with Crippen LogP contribution in [0.2, 0.25) is 5.02 Å². The van der Waals surface area contributed by atoms with E-state index in [9.17, 15) is 4.79 Å². The van der Waals surface area contributed by atoms with Crippen molar-refractivity contribution < 1.29 is 9.53 Å². The van der Waals surface area contributed by atoms with Gasteiger partial charge in [0.15, 0.2) is 5.82 Å². The highest BCUT2D eigenvalue weighted by Gasteiger charge is 2.47. The zero-order valence-corrected chi connectivity index (χ0v) is 25.8. The fraction of sp³-hybridized carbons (Fsp3) is 0.394. The van der Waals surface area contributed by atoms with Crippen LogP contribution >= 0.6 is 11.6 Å². The highest BCUT2D eigenvalue weighted by molar-refractivity contribution is 6.33. The van der Waals surface area contributed by atoms with Crippen LogP contribution in [0.3, 0.4) is 0 Å². The van der Waals surface area contributed by atoms with E-state index in [1.54, 1.807) is 13.3 Å². The van der Waals surface area contributed by atoms with Gasteiger partial charge in [0.1, 0.15) is 22.7 Å². The van der Waals surface area contributed by atoms with Gasteiger partial charge in [0.2, 0.25) is 0 Å². The van der Waals surface area contributed by atoms with Crippen LogP contribution < -0.4 is 15.8 Å². The van der Waals surface area contributed by atoms with Crippen LogP contribution in [0.5, 0.6) is 5.75 Å². The number of nitrogens with zero attached hydrogens (tertiary/aromatic N) is 6. The Morgan fingerprint density at radius 2 is 1.98 bits per heavy atom. The lowest BCUT2D eigenvalue weighted by atomic mass is 10.1. The molecule has 11 heteroatoms. The molecule has 2 saturated carbocycles. The van der Waals surface area contributed by atoms with E-state index in [4.69, 9.17) is 32.0 Å². The maximum absolute atomic E-state index is 13.7. The number of amides is 1. The number of anilines is 2. The zero-order valence-electron chi connectivity index (χ0n) is 25.0. The van der Waals surface area contributed by atoms with Gasteiger partial charge in [-0.15, -0.1) is 0 Å². The summed E-state index contributed by atoms with van der Waals surface area (Å²) in [4.78, 5) is 30.1. The number of ether oxygens (including phenoxy) is 1. The van der Waals surface area contributed by atoms with Crippen molar-refractivity contribution in [1.82, 2.24) is 29.0 Å². The topological polar surface area (TPSA) is 116 Å². The van der Waals surface area contributed by atoms with E-state index in [1.165, 1.54) is 12.8 Å². The normalized spacial score (nSPS) is 21.1. The van der Waals surface area contributed by atoms with Gasteiger partial charge in [0, 0.05) is 49.4 Å². The first-order valence-corrected chi connectivity index (χ1v) is 15.7. The van der Waals surface area contributed by atoms with Crippen molar-refractivity contribution in [3.8, 4) is 17.3 Å². The van der Waals surface area contributed by atoms with Gasteiger partial charge >= 0.3 is 0 Å². The number of aryl methyl sites for hydroxylation is 2. The lowest BCUT2D eigenvalue weighted by Crippen LogP contribution is -2.41. The molecule has 1 aromatic carbocycles. The fourth-order valence-electron chi connectivity index (χ4n) is 7.18. The summed E-state index contributed by atoms with van der Waals surface area (Å²) in [7, 11) is 3.64. The second kappa shape index (κ2) is 10.2. The molecule has 226 valence electrons. The minimum atomic E-state index is -0.00313. The molecule has 1 saturated heterocycles. The van der Waals surface area contributed by atoms with Crippen LogP contribution in [0.25, 0.3) is 33.6 Å². The average molecular weight is 611 g/mol. The molecule has 44 heavy (non-hydrogen) atoms. The number of imidazole rings is 1. The number of fused-ring (bicyclic) bond motifs is 4. The maximum Gasteiger partial charge on any atom is 0.254 e.